The first-order chi connectivity index (χ1) is 5.91. The molecule has 0 spiro atoms. The summed E-state index contributed by atoms with van der Waals surface area (Å²) >= 11 is 0. The fraction of sp³-hybridized carbons (Fsp3) is 0.250. The van der Waals surface area contributed by atoms with Crippen molar-refractivity contribution < 1.29 is 24.7 Å². The van der Waals surface area contributed by atoms with E-state index in [1.165, 1.54) is 0 Å². The van der Waals surface area contributed by atoms with E-state index >= 15 is 0 Å². The smallest absolute Gasteiger partial charge is 0.328 e. The van der Waals surface area contributed by atoms with Gasteiger partial charge in [-0.1, -0.05) is 0 Å². The first kappa shape index (κ1) is 10.8. The Labute approximate surface area is 70.8 Å². The van der Waals surface area contributed by atoms with Crippen molar-refractivity contribution in [1.82, 2.24) is 10.6 Å². The van der Waals surface area contributed by atoms with Gasteiger partial charge < -0.3 is 5.21 Å². The number of carbonyl (C=O) groups is 3. The molecule has 1 rings (SSSR count). The second kappa shape index (κ2) is 4.64. The van der Waals surface area contributed by atoms with Gasteiger partial charge in [-0.2, -0.15) is 0 Å². The van der Waals surface area contributed by atoms with Gasteiger partial charge in [0.2, 0.25) is 11.8 Å². The van der Waals surface area contributed by atoms with E-state index in [1.807, 2.05) is 10.6 Å². The van der Waals surface area contributed by atoms with Crippen molar-refractivity contribution >= 4 is 17.8 Å². The van der Waals surface area contributed by atoms with Gasteiger partial charge in [0.25, 0.3) is 5.09 Å². The van der Waals surface area contributed by atoms with Gasteiger partial charge in [0.1, 0.15) is 6.42 Å². The molecule has 1 saturated heterocycles. The number of nitrogens with zero attached hydrogens (tertiary/aromatic N) is 1. The van der Waals surface area contributed by atoms with Gasteiger partial charge in [0.15, 0.2) is 0 Å². The quantitative estimate of drug-likeness (QED) is 0.239. The molecule has 1 fully saturated rings. The minimum atomic E-state index is -1.50. The Bertz CT molecular complexity index is 211. The molecule has 1 aliphatic rings. The summed E-state index contributed by atoms with van der Waals surface area (Å²) < 4.78 is 0. The second-order valence-corrected chi connectivity index (χ2v) is 1.84. The summed E-state index contributed by atoms with van der Waals surface area (Å²) in [5, 5.41) is 17.4. The molecule has 0 bridgehead atoms. The molecule has 0 aliphatic carbocycles. The molecule has 0 unspecified atom stereocenters. The van der Waals surface area contributed by atoms with Crippen LogP contribution in [0.2, 0.25) is 0 Å². The Morgan fingerprint density at radius 1 is 1.23 bits per heavy atom. The van der Waals surface area contributed by atoms with Crippen LogP contribution in [0.4, 0.5) is 4.79 Å². The molecule has 13 heavy (non-hydrogen) atoms. The van der Waals surface area contributed by atoms with Gasteiger partial charge >= 0.3 is 6.03 Å². The van der Waals surface area contributed by atoms with Crippen LogP contribution in [0.5, 0.6) is 0 Å². The summed E-state index contributed by atoms with van der Waals surface area (Å²) in [6, 6.07) is -0.740. The topological polar surface area (TPSA) is 139 Å². The largest absolute Gasteiger partial charge is 0.328 e. The standard InChI is InChI=1S/C4H4N2O3.HNO3/c7-2-1-3(8)6-4(9)5-2;2-1(3)4/h1H2,(H2,5,6,7,8,9);(H,2,3,4). The minimum Gasteiger partial charge on any atom is -0.328 e. The lowest BCUT2D eigenvalue weighted by molar-refractivity contribution is -0.742. The molecular formula is C4H5N3O6. The van der Waals surface area contributed by atoms with E-state index in [2.05, 4.69) is 0 Å². The number of imide groups is 2. The van der Waals surface area contributed by atoms with Crippen molar-refractivity contribution in [2.75, 3.05) is 0 Å². The summed E-state index contributed by atoms with van der Waals surface area (Å²) in [5.74, 6) is -1.10. The van der Waals surface area contributed by atoms with Crippen LogP contribution in [0.15, 0.2) is 0 Å². The molecule has 0 atom stereocenters. The van der Waals surface area contributed by atoms with E-state index in [0.717, 1.165) is 0 Å². The number of amides is 4. The van der Waals surface area contributed by atoms with Crippen LogP contribution in [0.3, 0.4) is 0 Å². The van der Waals surface area contributed by atoms with Crippen LogP contribution >= 0.6 is 0 Å². The van der Waals surface area contributed by atoms with Gasteiger partial charge in [0, 0.05) is 0 Å². The number of hydrogen-bond acceptors (Lipinski definition) is 5. The summed E-state index contributed by atoms with van der Waals surface area (Å²) in [7, 11) is 0. The molecule has 9 heteroatoms. The molecule has 0 radical (unpaired) electrons. The molecule has 1 heterocycles. The number of carbonyl (C=O) groups excluding carboxylic acids is 3. The monoisotopic (exact) mass is 191 g/mol. The first-order valence-corrected chi connectivity index (χ1v) is 2.88. The molecule has 9 nitrogen and oxygen atoms in total. The van der Waals surface area contributed by atoms with E-state index in [9.17, 15) is 14.4 Å². The highest BCUT2D eigenvalue weighted by Gasteiger charge is 2.20. The maximum absolute atomic E-state index is 10.3. The molecule has 0 aromatic carbocycles. The van der Waals surface area contributed by atoms with E-state index in [1.54, 1.807) is 0 Å². The fourth-order valence-corrected chi connectivity index (χ4v) is 0.519. The van der Waals surface area contributed by atoms with Crippen molar-refractivity contribution in [1.29, 1.82) is 0 Å². The number of rotatable bonds is 0. The Morgan fingerprint density at radius 2 is 1.54 bits per heavy atom. The normalized spacial score (nSPS) is 14.9. The zero-order chi connectivity index (χ0) is 10.4. The van der Waals surface area contributed by atoms with Gasteiger partial charge in [-0.15, -0.1) is 10.1 Å². The molecule has 72 valence electrons. The Morgan fingerprint density at radius 3 is 1.77 bits per heavy atom. The predicted molar refractivity (Wildman–Crippen MR) is 35.1 cm³/mol. The van der Waals surface area contributed by atoms with Crippen LogP contribution in [0.25, 0.3) is 0 Å². The highest BCUT2D eigenvalue weighted by Crippen LogP contribution is 1.85. The molecular weight excluding hydrogens is 186 g/mol. The van der Waals surface area contributed by atoms with Crippen LogP contribution < -0.4 is 10.6 Å². The van der Waals surface area contributed by atoms with Crippen LogP contribution in [-0.2, 0) is 9.59 Å². The van der Waals surface area contributed by atoms with Crippen LogP contribution in [0, 0.1) is 10.1 Å². The number of hydrogen-bond donors (Lipinski definition) is 3. The minimum absolute atomic E-state index is 0.258. The summed E-state index contributed by atoms with van der Waals surface area (Å²) in [6.07, 6.45) is -0.258. The third-order valence-electron chi connectivity index (χ3n) is 0.827. The lowest BCUT2D eigenvalue weighted by Gasteiger charge is -2.09. The number of barbiturate groups is 1. The average molecular weight is 191 g/mol. The summed E-state index contributed by atoms with van der Waals surface area (Å²) in [6.45, 7) is 0. The van der Waals surface area contributed by atoms with Gasteiger partial charge in [-0.05, 0) is 0 Å². The molecule has 1 aliphatic heterocycles. The highest BCUT2D eigenvalue weighted by atomic mass is 16.9. The van der Waals surface area contributed by atoms with Crippen LogP contribution in [-0.4, -0.2) is 28.1 Å². The number of nitrogens with one attached hydrogen (secondary N) is 2. The Hall–Kier alpha value is -2.19. The summed E-state index contributed by atoms with van der Waals surface area (Å²) in [5.41, 5.74) is 0. The van der Waals surface area contributed by atoms with E-state index in [4.69, 9.17) is 15.3 Å². The maximum atomic E-state index is 10.3. The molecule has 0 aromatic heterocycles. The maximum Gasteiger partial charge on any atom is 0.328 e. The molecule has 4 amide bonds. The van der Waals surface area contributed by atoms with E-state index < -0.39 is 22.9 Å². The highest BCUT2D eigenvalue weighted by molar-refractivity contribution is 6.14. The molecule has 0 aromatic rings. The molecule has 3 N–H and O–H groups in total. The van der Waals surface area contributed by atoms with E-state index in [0.29, 0.717) is 0 Å². The van der Waals surface area contributed by atoms with Crippen molar-refractivity contribution in [3.63, 3.8) is 0 Å². The third-order valence-corrected chi connectivity index (χ3v) is 0.827. The first-order valence-electron chi connectivity index (χ1n) is 2.88. The fourth-order valence-electron chi connectivity index (χ4n) is 0.519. The van der Waals surface area contributed by atoms with Crippen molar-refractivity contribution in [3.05, 3.63) is 10.1 Å². The van der Waals surface area contributed by atoms with Crippen LogP contribution in [0.1, 0.15) is 6.42 Å². The predicted octanol–water partition coefficient (Wildman–Crippen LogP) is -1.61. The third kappa shape index (κ3) is 6.22. The molecule has 0 saturated carbocycles. The zero-order valence-corrected chi connectivity index (χ0v) is 6.14. The Balaban J connectivity index is 0.000000310. The van der Waals surface area contributed by atoms with Crippen molar-refractivity contribution in [3.8, 4) is 0 Å². The zero-order valence-electron chi connectivity index (χ0n) is 6.14. The summed E-state index contributed by atoms with van der Waals surface area (Å²) in [4.78, 5) is 39.2. The van der Waals surface area contributed by atoms with Crippen molar-refractivity contribution in [2.24, 2.45) is 0 Å². The van der Waals surface area contributed by atoms with E-state index in [-0.39, 0.29) is 6.42 Å². The lowest BCUT2D eigenvalue weighted by Crippen LogP contribution is -2.49. The van der Waals surface area contributed by atoms with Gasteiger partial charge in [-0.25, -0.2) is 4.79 Å². The number of urea groups is 1. The van der Waals surface area contributed by atoms with Gasteiger partial charge in [0.05, 0.1) is 0 Å². The Kier molecular flexibility index (Phi) is 3.86. The SMILES string of the molecule is O=C1CC(=O)NC(=O)N1.O=[N+]([O-])O. The average Bonchev–Trinajstić information content (AvgIpc) is 1.80. The second-order valence-electron chi connectivity index (χ2n) is 1.84. The lowest BCUT2D eigenvalue weighted by atomic mass is 10.3. The van der Waals surface area contributed by atoms with Gasteiger partial charge in [-0.3, -0.25) is 20.2 Å². The van der Waals surface area contributed by atoms with Crippen molar-refractivity contribution in [2.45, 2.75) is 6.42 Å².